The van der Waals surface area contributed by atoms with Gasteiger partial charge in [-0.1, -0.05) is 25.9 Å². The molecule has 142 valence electrons. The van der Waals surface area contributed by atoms with E-state index in [0.29, 0.717) is 51.0 Å². The summed E-state index contributed by atoms with van der Waals surface area (Å²) in [5.41, 5.74) is -0.149. The molecule has 0 aromatic carbocycles. The van der Waals surface area contributed by atoms with Crippen molar-refractivity contribution < 1.29 is 12.9 Å². The van der Waals surface area contributed by atoms with Crippen molar-refractivity contribution in [2.24, 2.45) is 0 Å². The zero-order valence-electron chi connectivity index (χ0n) is 15.6. The molecule has 0 N–H and O–H groups in total. The van der Waals surface area contributed by atoms with Gasteiger partial charge in [0, 0.05) is 44.7 Å². The molecular weight excluding hydrogens is 342 g/mol. The van der Waals surface area contributed by atoms with Crippen molar-refractivity contribution in [3.05, 3.63) is 11.7 Å². The van der Waals surface area contributed by atoms with Crippen LogP contribution < -0.4 is 0 Å². The number of hydrogen-bond donors (Lipinski definition) is 0. The standard InChI is InChI=1S/C16H29N5O3S/c1-13(14-17-15(18-24-14)16(2,3)4)19-9-11-21(12-10-19)25(22,23)20-7-5-6-8-20/h13H,5-12H2,1-4H3/t13-/m1/s1. The Morgan fingerprint density at radius 3 is 2.08 bits per heavy atom. The molecule has 0 spiro atoms. The van der Waals surface area contributed by atoms with Gasteiger partial charge in [0.2, 0.25) is 5.89 Å². The average molecular weight is 372 g/mol. The second kappa shape index (κ2) is 6.94. The molecule has 0 saturated carbocycles. The molecule has 0 radical (unpaired) electrons. The Kier molecular flexibility index (Phi) is 5.21. The summed E-state index contributed by atoms with van der Waals surface area (Å²) in [5, 5.41) is 4.08. The van der Waals surface area contributed by atoms with Crippen molar-refractivity contribution in [3.8, 4) is 0 Å². The van der Waals surface area contributed by atoms with Crippen molar-refractivity contribution in [3.63, 3.8) is 0 Å². The second-order valence-electron chi connectivity index (χ2n) is 7.93. The Hall–Kier alpha value is -1.03. The summed E-state index contributed by atoms with van der Waals surface area (Å²) in [7, 11) is -3.30. The maximum absolute atomic E-state index is 12.6. The monoisotopic (exact) mass is 371 g/mol. The van der Waals surface area contributed by atoms with Crippen molar-refractivity contribution in [2.75, 3.05) is 39.3 Å². The molecule has 2 fully saturated rings. The molecule has 3 heterocycles. The summed E-state index contributed by atoms with van der Waals surface area (Å²) in [6, 6.07) is -0.0137. The first-order valence-corrected chi connectivity index (χ1v) is 10.4. The molecule has 2 aliphatic rings. The van der Waals surface area contributed by atoms with Gasteiger partial charge in [0.25, 0.3) is 10.2 Å². The first-order chi connectivity index (χ1) is 11.7. The Morgan fingerprint density at radius 1 is 1.00 bits per heavy atom. The van der Waals surface area contributed by atoms with Gasteiger partial charge >= 0.3 is 0 Å². The average Bonchev–Trinajstić information content (AvgIpc) is 3.25. The van der Waals surface area contributed by atoms with Crippen molar-refractivity contribution in [1.29, 1.82) is 0 Å². The largest absolute Gasteiger partial charge is 0.338 e. The van der Waals surface area contributed by atoms with Crippen LogP contribution in [0, 0.1) is 0 Å². The van der Waals surface area contributed by atoms with Gasteiger partial charge in [-0.15, -0.1) is 0 Å². The molecule has 0 aliphatic carbocycles. The van der Waals surface area contributed by atoms with Crippen LogP contribution in [0.4, 0.5) is 0 Å². The molecule has 1 atom stereocenters. The van der Waals surface area contributed by atoms with Crippen LogP contribution >= 0.6 is 0 Å². The molecule has 25 heavy (non-hydrogen) atoms. The zero-order chi connectivity index (χ0) is 18.2. The van der Waals surface area contributed by atoms with Crippen molar-refractivity contribution in [2.45, 2.75) is 52.0 Å². The van der Waals surface area contributed by atoms with E-state index in [4.69, 9.17) is 4.52 Å². The van der Waals surface area contributed by atoms with E-state index >= 15 is 0 Å². The summed E-state index contributed by atoms with van der Waals surface area (Å²) >= 11 is 0. The molecule has 0 bridgehead atoms. The highest BCUT2D eigenvalue weighted by molar-refractivity contribution is 7.86. The molecule has 1 aromatic rings. The molecule has 3 rings (SSSR count). The van der Waals surface area contributed by atoms with Crippen LogP contribution in [0.1, 0.15) is 58.3 Å². The lowest BCUT2D eigenvalue weighted by molar-refractivity contribution is 0.121. The SMILES string of the molecule is C[C@H](c1nc(C(C)(C)C)no1)N1CCN(S(=O)(=O)N2CCCC2)CC1. The molecule has 0 amide bonds. The second-order valence-corrected chi connectivity index (χ2v) is 9.86. The third-order valence-corrected chi connectivity index (χ3v) is 7.04. The summed E-state index contributed by atoms with van der Waals surface area (Å²) in [4.78, 5) is 6.73. The predicted octanol–water partition coefficient (Wildman–Crippen LogP) is 1.39. The Morgan fingerprint density at radius 2 is 1.56 bits per heavy atom. The van der Waals surface area contributed by atoms with E-state index < -0.39 is 10.2 Å². The van der Waals surface area contributed by atoms with Crippen LogP contribution in [0.15, 0.2) is 4.52 Å². The quantitative estimate of drug-likeness (QED) is 0.795. The summed E-state index contributed by atoms with van der Waals surface area (Å²) < 4.78 is 33.9. The van der Waals surface area contributed by atoms with Crippen LogP contribution in [0.3, 0.4) is 0 Å². The first kappa shape index (κ1) is 18.8. The van der Waals surface area contributed by atoms with Gasteiger partial charge in [-0.2, -0.15) is 22.0 Å². The Balaban J connectivity index is 1.61. The maximum Gasteiger partial charge on any atom is 0.282 e. The molecule has 9 heteroatoms. The minimum absolute atomic E-state index is 0.0137. The number of rotatable bonds is 4. The molecule has 0 unspecified atom stereocenters. The fraction of sp³-hybridized carbons (Fsp3) is 0.875. The summed E-state index contributed by atoms with van der Waals surface area (Å²) in [5.74, 6) is 1.30. The van der Waals surface area contributed by atoms with Gasteiger partial charge in [0.15, 0.2) is 5.82 Å². The Bertz CT molecular complexity index is 683. The summed E-state index contributed by atoms with van der Waals surface area (Å²) in [6.45, 7) is 11.8. The van der Waals surface area contributed by atoms with Gasteiger partial charge in [0.05, 0.1) is 6.04 Å². The van der Waals surface area contributed by atoms with Gasteiger partial charge in [-0.25, -0.2) is 0 Å². The van der Waals surface area contributed by atoms with Gasteiger partial charge in [0.1, 0.15) is 0 Å². The predicted molar refractivity (Wildman–Crippen MR) is 94.3 cm³/mol. The minimum Gasteiger partial charge on any atom is -0.338 e. The van der Waals surface area contributed by atoms with E-state index in [1.54, 1.807) is 8.61 Å². The first-order valence-electron chi connectivity index (χ1n) is 9.03. The third-order valence-electron chi connectivity index (χ3n) is 5.01. The highest BCUT2D eigenvalue weighted by Gasteiger charge is 2.35. The van der Waals surface area contributed by atoms with Gasteiger partial charge < -0.3 is 4.52 Å². The minimum atomic E-state index is -3.30. The van der Waals surface area contributed by atoms with Crippen molar-refractivity contribution in [1.82, 2.24) is 23.7 Å². The van der Waals surface area contributed by atoms with Crippen LogP contribution in [0.2, 0.25) is 0 Å². The van der Waals surface area contributed by atoms with E-state index in [1.807, 2.05) is 27.7 Å². The summed E-state index contributed by atoms with van der Waals surface area (Å²) in [6.07, 6.45) is 1.92. The maximum atomic E-state index is 12.6. The number of piperazine rings is 1. The number of aromatic nitrogens is 2. The Labute approximate surface area is 150 Å². The van der Waals surface area contributed by atoms with Crippen molar-refractivity contribution >= 4 is 10.2 Å². The third kappa shape index (κ3) is 3.89. The smallest absolute Gasteiger partial charge is 0.282 e. The van der Waals surface area contributed by atoms with Crippen LogP contribution in [0.5, 0.6) is 0 Å². The molecule has 8 nitrogen and oxygen atoms in total. The highest BCUT2D eigenvalue weighted by Crippen LogP contribution is 2.25. The lowest BCUT2D eigenvalue weighted by Crippen LogP contribution is -2.52. The van der Waals surface area contributed by atoms with Crippen LogP contribution in [-0.2, 0) is 15.6 Å². The fourth-order valence-corrected chi connectivity index (χ4v) is 4.94. The number of nitrogens with zero attached hydrogens (tertiary/aromatic N) is 5. The molecule has 1 aromatic heterocycles. The normalized spacial score (nSPS) is 23.2. The van der Waals surface area contributed by atoms with Crippen LogP contribution in [0.25, 0.3) is 0 Å². The van der Waals surface area contributed by atoms with E-state index in [9.17, 15) is 8.42 Å². The van der Waals surface area contributed by atoms with E-state index in [1.165, 1.54) is 0 Å². The lowest BCUT2D eigenvalue weighted by Gasteiger charge is -2.37. The zero-order valence-corrected chi connectivity index (χ0v) is 16.4. The molecule has 2 aliphatic heterocycles. The highest BCUT2D eigenvalue weighted by atomic mass is 32.2. The van der Waals surface area contributed by atoms with Gasteiger partial charge in [-0.3, -0.25) is 4.90 Å². The number of hydrogen-bond acceptors (Lipinski definition) is 6. The van der Waals surface area contributed by atoms with Crippen LogP contribution in [-0.4, -0.2) is 71.3 Å². The molecular formula is C16H29N5O3S. The fourth-order valence-electron chi connectivity index (χ4n) is 3.27. The molecule has 2 saturated heterocycles. The lowest BCUT2D eigenvalue weighted by atomic mass is 9.96. The van der Waals surface area contributed by atoms with E-state index in [-0.39, 0.29) is 11.5 Å². The van der Waals surface area contributed by atoms with E-state index in [2.05, 4.69) is 15.0 Å². The van der Waals surface area contributed by atoms with Gasteiger partial charge in [-0.05, 0) is 19.8 Å². The van der Waals surface area contributed by atoms with E-state index in [0.717, 1.165) is 12.8 Å². The topological polar surface area (TPSA) is 82.8 Å².